The summed E-state index contributed by atoms with van der Waals surface area (Å²) in [5, 5.41) is 20.6. The third-order valence-electron chi connectivity index (χ3n) is 6.33. The molecule has 0 saturated carbocycles. The maximum atomic E-state index is 10.3. The Morgan fingerprint density at radius 1 is 0.909 bits per heavy atom. The van der Waals surface area contributed by atoms with Crippen LogP contribution in [0.25, 0.3) is 18.2 Å². The molecule has 1 aliphatic carbocycles. The number of hydrogen-bond donors (Lipinski definition) is 2. The summed E-state index contributed by atoms with van der Waals surface area (Å²) in [5.41, 5.74) is 6.06. The Hall–Kier alpha value is -2.50. The van der Waals surface area contributed by atoms with Gasteiger partial charge in [-0.1, -0.05) is 78.9 Å². The van der Waals surface area contributed by atoms with E-state index in [-0.39, 0.29) is 6.42 Å². The topological polar surface area (TPSA) is 52.9 Å². The lowest BCUT2D eigenvalue weighted by atomic mass is 10.0. The van der Waals surface area contributed by atoms with Crippen molar-refractivity contribution in [2.24, 2.45) is 0 Å². The van der Waals surface area contributed by atoms with Crippen molar-refractivity contribution in [3.63, 3.8) is 0 Å². The molecule has 1 fully saturated rings. The Morgan fingerprint density at radius 2 is 1.61 bits per heavy atom. The average Bonchev–Trinajstić information content (AvgIpc) is 3.31. The van der Waals surface area contributed by atoms with E-state index in [1.807, 2.05) is 12.2 Å². The predicted molar refractivity (Wildman–Crippen MR) is 136 cm³/mol. The van der Waals surface area contributed by atoms with Crippen molar-refractivity contribution >= 4 is 18.2 Å². The molecule has 1 aliphatic heterocycles. The molecule has 0 bridgehead atoms. The molecule has 2 atom stereocenters. The van der Waals surface area contributed by atoms with Gasteiger partial charge in [0.2, 0.25) is 0 Å². The summed E-state index contributed by atoms with van der Waals surface area (Å²) in [6.07, 6.45) is 13.8. The van der Waals surface area contributed by atoms with E-state index in [2.05, 4.69) is 59.5 Å². The quantitative estimate of drug-likeness (QED) is 0.571. The van der Waals surface area contributed by atoms with Crippen LogP contribution in [0.15, 0.2) is 60.7 Å². The number of hydrogen-bond acceptors (Lipinski definition) is 4. The van der Waals surface area contributed by atoms with Gasteiger partial charge in [0.05, 0.1) is 25.4 Å². The molecule has 174 valence electrons. The zero-order valence-corrected chi connectivity index (χ0v) is 19.3. The number of allylic oxidation sites excluding steroid dienone is 1. The monoisotopic (exact) mass is 445 g/mol. The standard InChI is InChI=1S/C29H35NO3/c31-28(22-29(32)15-12-25-10-13-26-4-1-5-27(26)21-25)14-11-24-8-6-23(7-9-24)3-2-16-30-17-19-33-20-18-30/h1,4,6-15,21,28-29,31-32H,2-3,5,16-20,22H2/b14-11+,15-12+. The maximum absolute atomic E-state index is 10.3. The second kappa shape index (κ2) is 12.1. The molecule has 4 rings (SSSR count). The van der Waals surface area contributed by atoms with Gasteiger partial charge >= 0.3 is 0 Å². The molecule has 4 nitrogen and oxygen atoms in total. The highest BCUT2D eigenvalue weighted by molar-refractivity contribution is 5.64. The summed E-state index contributed by atoms with van der Waals surface area (Å²) >= 11 is 0. The molecule has 2 unspecified atom stereocenters. The highest BCUT2D eigenvalue weighted by Crippen LogP contribution is 2.21. The van der Waals surface area contributed by atoms with Crippen molar-refractivity contribution in [2.75, 3.05) is 32.8 Å². The molecule has 2 N–H and O–H groups in total. The molecular formula is C29H35NO3. The van der Waals surface area contributed by atoms with Crippen LogP contribution in [0.4, 0.5) is 0 Å². The third kappa shape index (κ3) is 7.51. The van der Waals surface area contributed by atoms with E-state index >= 15 is 0 Å². The highest BCUT2D eigenvalue weighted by Gasteiger charge is 2.10. The van der Waals surface area contributed by atoms with Crippen LogP contribution in [0.2, 0.25) is 0 Å². The lowest BCUT2D eigenvalue weighted by Crippen LogP contribution is -2.36. The smallest absolute Gasteiger partial charge is 0.0751 e. The van der Waals surface area contributed by atoms with Crippen LogP contribution in [0, 0.1) is 0 Å². The molecule has 1 saturated heterocycles. The summed E-state index contributed by atoms with van der Waals surface area (Å²) in [7, 11) is 0. The van der Waals surface area contributed by atoms with Gasteiger partial charge < -0.3 is 14.9 Å². The number of aliphatic hydroxyl groups is 2. The molecular weight excluding hydrogens is 410 g/mol. The number of morpholine rings is 1. The van der Waals surface area contributed by atoms with Crippen LogP contribution in [0.5, 0.6) is 0 Å². The Morgan fingerprint density at radius 3 is 2.36 bits per heavy atom. The minimum atomic E-state index is -0.693. The first-order valence-corrected chi connectivity index (χ1v) is 12.1. The van der Waals surface area contributed by atoms with Crippen LogP contribution >= 0.6 is 0 Å². The average molecular weight is 446 g/mol. The fraction of sp³-hybridized carbons (Fsp3) is 0.379. The fourth-order valence-electron chi connectivity index (χ4n) is 4.36. The lowest BCUT2D eigenvalue weighted by Gasteiger charge is -2.26. The molecule has 33 heavy (non-hydrogen) atoms. The zero-order chi connectivity index (χ0) is 22.9. The van der Waals surface area contributed by atoms with Gasteiger partial charge in [0, 0.05) is 19.5 Å². The number of fused-ring (bicyclic) bond motifs is 1. The molecule has 4 heteroatoms. The summed E-state index contributed by atoms with van der Waals surface area (Å²) < 4.78 is 5.40. The van der Waals surface area contributed by atoms with E-state index in [0.29, 0.717) is 0 Å². The van der Waals surface area contributed by atoms with Gasteiger partial charge in [-0.2, -0.15) is 0 Å². The number of ether oxygens (including phenoxy) is 1. The van der Waals surface area contributed by atoms with Crippen molar-refractivity contribution in [1.82, 2.24) is 4.90 Å². The van der Waals surface area contributed by atoms with Crippen LogP contribution < -0.4 is 0 Å². The second-order valence-electron chi connectivity index (χ2n) is 8.95. The Balaban J connectivity index is 1.18. The van der Waals surface area contributed by atoms with E-state index in [4.69, 9.17) is 4.74 Å². The zero-order valence-electron chi connectivity index (χ0n) is 19.3. The van der Waals surface area contributed by atoms with Crippen molar-refractivity contribution in [3.8, 4) is 0 Å². The number of aliphatic hydroxyl groups excluding tert-OH is 2. The first-order valence-electron chi connectivity index (χ1n) is 12.1. The van der Waals surface area contributed by atoms with Gasteiger partial charge in [-0.25, -0.2) is 0 Å². The first kappa shape index (κ1) is 23.7. The fourth-order valence-corrected chi connectivity index (χ4v) is 4.36. The van der Waals surface area contributed by atoms with Crippen molar-refractivity contribution in [3.05, 3.63) is 88.5 Å². The van der Waals surface area contributed by atoms with E-state index in [0.717, 1.165) is 63.2 Å². The van der Waals surface area contributed by atoms with E-state index in [9.17, 15) is 10.2 Å². The minimum Gasteiger partial charge on any atom is -0.389 e. The van der Waals surface area contributed by atoms with Crippen molar-refractivity contribution in [1.29, 1.82) is 0 Å². The Bertz CT molecular complexity index is 971. The number of aryl methyl sites for hydroxylation is 1. The van der Waals surface area contributed by atoms with Crippen molar-refractivity contribution in [2.45, 2.75) is 37.9 Å². The van der Waals surface area contributed by atoms with E-state index in [1.54, 1.807) is 12.2 Å². The number of rotatable bonds is 10. The molecule has 0 radical (unpaired) electrons. The lowest BCUT2D eigenvalue weighted by molar-refractivity contribution is 0.0374. The van der Waals surface area contributed by atoms with E-state index < -0.39 is 12.2 Å². The highest BCUT2D eigenvalue weighted by atomic mass is 16.5. The molecule has 2 aromatic rings. The molecule has 1 heterocycles. The van der Waals surface area contributed by atoms with Gasteiger partial charge in [-0.05, 0) is 53.6 Å². The van der Waals surface area contributed by atoms with Gasteiger partial charge in [0.15, 0.2) is 0 Å². The Labute approximate surface area is 197 Å². The predicted octanol–water partition coefficient (Wildman–Crippen LogP) is 4.36. The summed E-state index contributed by atoms with van der Waals surface area (Å²) in [4.78, 5) is 2.47. The SMILES string of the molecule is OC(/C=C/c1ccc(CCCN2CCOCC2)cc1)CC(O)/C=C/c1ccc2c(c1)CC=C2. The summed E-state index contributed by atoms with van der Waals surface area (Å²) in [5.74, 6) is 0. The van der Waals surface area contributed by atoms with Crippen LogP contribution in [0.3, 0.4) is 0 Å². The summed E-state index contributed by atoms with van der Waals surface area (Å²) in [6.45, 7) is 4.92. The van der Waals surface area contributed by atoms with Crippen LogP contribution in [-0.4, -0.2) is 60.2 Å². The molecule has 0 spiro atoms. The number of benzene rings is 2. The van der Waals surface area contributed by atoms with Crippen LogP contribution in [-0.2, 0) is 17.6 Å². The van der Waals surface area contributed by atoms with Crippen molar-refractivity contribution < 1.29 is 14.9 Å². The molecule has 0 aromatic heterocycles. The number of nitrogens with zero attached hydrogens (tertiary/aromatic N) is 1. The largest absolute Gasteiger partial charge is 0.389 e. The maximum Gasteiger partial charge on any atom is 0.0751 e. The minimum absolute atomic E-state index is 0.277. The normalized spacial score (nSPS) is 18.2. The second-order valence-corrected chi connectivity index (χ2v) is 8.95. The molecule has 2 aromatic carbocycles. The summed E-state index contributed by atoms with van der Waals surface area (Å²) in [6, 6.07) is 14.8. The van der Waals surface area contributed by atoms with E-state index in [1.165, 1.54) is 16.7 Å². The van der Waals surface area contributed by atoms with Gasteiger partial charge in [-0.15, -0.1) is 0 Å². The van der Waals surface area contributed by atoms with Gasteiger partial charge in [0.25, 0.3) is 0 Å². The first-order chi connectivity index (χ1) is 16.2. The third-order valence-corrected chi connectivity index (χ3v) is 6.33. The molecule has 2 aliphatic rings. The molecule has 0 amide bonds. The van der Waals surface area contributed by atoms with Gasteiger partial charge in [-0.3, -0.25) is 4.90 Å². The Kier molecular flexibility index (Phi) is 8.67. The van der Waals surface area contributed by atoms with Crippen LogP contribution in [0.1, 0.15) is 40.7 Å². The van der Waals surface area contributed by atoms with Gasteiger partial charge in [0.1, 0.15) is 0 Å².